The van der Waals surface area contributed by atoms with E-state index in [2.05, 4.69) is 15.3 Å². The van der Waals surface area contributed by atoms with Crippen molar-refractivity contribution in [2.75, 3.05) is 66.3 Å². The molecule has 1 unspecified atom stereocenters. The summed E-state index contributed by atoms with van der Waals surface area (Å²) in [6.45, 7) is 7.77. The zero-order valence-corrected chi connectivity index (χ0v) is 28.1. The normalized spacial score (nSPS) is 12.4. The number of aliphatic hydroxyl groups is 3. The van der Waals surface area contributed by atoms with Crippen molar-refractivity contribution in [3.05, 3.63) is 0 Å². The van der Waals surface area contributed by atoms with E-state index in [1.165, 1.54) is 84.5 Å². The molecule has 0 aliphatic heterocycles. The number of nitrogens with zero attached hydrogens (tertiary/aromatic N) is 1. The van der Waals surface area contributed by atoms with Crippen molar-refractivity contribution in [1.29, 1.82) is 0 Å². The molecule has 16 heteroatoms. The van der Waals surface area contributed by atoms with E-state index in [1.54, 1.807) is 0 Å². The van der Waals surface area contributed by atoms with E-state index in [0.717, 1.165) is 6.42 Å². The molecule has 0 saturated heterocycles. The van der Waals surface area contributed by atoms with E-state index >= 15 is 0 Å². The van der Waals surface area contributed by atoms with Crippen LogP contribution in [-0.2, 0) is 33.9 Å². The van der Waals surface area contributed by atoms with Gasteiger partial charge in [0.2, 0.25) is 10.4 Å². The maximum Gasteiger partial charge on any atom is 0.397 e. The maximum atomic E-state index is 10.1. The minimum atomic E-state index is -4.42. The molecule has 1 atom stereocenters. The molecule has 260 valence electrons. The Hall–Kier alpha value is -0.500. The monoisotopic (exact) mass is 658 g/mol. The summed E-state index contributed by atoms with van der Waals surface area (Å²) in [7, 11) is -6.65. The Morgan fingerprint density at radius 3 is 1.43 bits per heavy atom. The Bertz CT molecular complexity index is 716. The average Bonchev–Trinajstić information content (AvgIpc) is 2.83. The molecular weight excluding hydrogens is 596 g/mol. The van der Waals surface area contributed by atoms with Gasteiger partial charge in [0.25, 0.3) is 0 Å². The molecular formula is C26H62N2O12S2. The van der Waals surface area contributed by atoms with Gasteiger partial charge in [-0.15, -0.1) is 0 Å². The highest BCUT2D eigenvalue weighted by Gasteiger charge is 2.24. The van der Waals surface area contributed by atoms with Crippen LogP contribution >= 0.6 is 0 Å². The second kappa shape index (κ2) is 31.9. The topological polar surface area (TPSA) is 235 Å². The fraction of sp³-hybridized carbons (Fsp3) is 1.00. The SMILES string of the molecule is CCCCCCCCCCCCCCOCC(O)C[N+](C)(CCO)CCO.CCOS(=O)(=O)O.CCOS(=O)(=O)[O-].N. The number of unbranched alkanes of at least 4 members (excludes halogenated alkanes) is 11. The van der Waals surface area contributed by atoms with Gasteiger partial charge in [-0.2, -0.15) is 8.42 Å². The lowest BCUT2D eigenvalue weighted by atomic mass is 10.1. The number of quaternary nitrogens is 1. The van der Waals surface area contributed by atoms with Crippen LogP contribution in [0.2, 0.25) is 0 Å². The molecule has 0 aromatic rings. The van der Waals surface area contributed by atoms with E-state index in [0.29, 0.717) is 37.3 Å². The Morgan fingerprint density at radius 1 is 0.738 bits per heavy atom. The summed E-state index contributed by atoms with van der Waals surface area (Å²) in [6.07, 6.45) is 15.4. The zero-order valence-electron chi connectivity index (χ0n) is 26.5. The van der Waals surface area contributed by atoms with Crippen LogP contribution in [0.15, 0.2) is 0 Å². The molecule has 0 spiro atoms. The van der Waals surface area contributed by atoms with Crippen molar-refractivity contribution in [3.63, 3.8) is 0 Å². The molecule has 0 aliphatic carbocycles. The summed E-state index contributed by atoms with van der Waals surface area (Å²) >= 11 is 0. The van der Waals surface area contributed by atoms with Gasteiger partial charge in [0.1, 0.15) is 25.7 Å². The van der Waals surface area contributed by atoms with Gasteiger partial charge in [-0.3, -0.25) is 8.74 Å². The van der Waals surface area contributed by atoms with Crippen molar-refractivity contribution < 1.29 is 58.8 Å². The van der Waals surface area contributed by atoms with E-state index in [4.69, 9.17) is 19.5 Å². The maximum absolute atomic E-state index is 10.1. The van der Waals surface area contributed by atoms with Crippen molar-refractivity contribution in [2.45, 2.75) is 104 Å². The predicted octanol–water partition coefficient (Wildman–Crippen LogP) is 2.97. The molecule has 0 saturated carbocycles. The minimum absolute atomic E-state index is 0. The van der Waals surface area contributed by atoms with Crippen LogP contribution in [0.3, 0.4) is 0 Å². The van der Waals surface area contributed by atoms with Crippen LogP contribution in [0.5, 0.6) is 0 Å². The van der Waals surface area contributed by atoms with Crippen LogP contribution in [0.4, 0.5) is 0 Å². The third kappa shape index (κ3) is 43.9. The molecule has 0 heterocycles. The van der Waals surface area contributed by atoms with Crippen molar-refractivity contribution in [2.24, 2.45) is 0 Å². The van der Waals surface area contributed by atoms with Gasteiger partial charge < -0.3 is 35.2 Å². The van der Waals surface area contributed by atoms with Gasteiger partial charge in [0.15, 0.2) is 0 Å². The molecule has 0 amide bonds. The van der Waals surface area contributed by atoms with Crippen LogP contribution in [0.25, 0.3) is 0 Å². The summed E-state index contributed by atoms with van der Waals surface area (Å²) in [5, 5.41) is 28.4. The molecule has 0 aliphatic rings. The minimum Gasteiger partial charge on any atom is -0.726 e. The largest absolute Gasteiger partial charge is 0.726 e. The molecule has 0 radical (unpaired) electrons. The molecule has 0 fully saturated rings. The van der Waals surface area contributed by atoms with Crippen molar-refractivity contribution in [3.8, 4) is 0 Å². The summed E-state index contributed by atoms with van der Waals surface area (Å²) < 4.78 is 68.7. The quantitative estimate of drug-likeness (QED) is 0.0411. The second-order valence-electron chi connectivity index (χ2n) is 9.96. The third-order valence-corrected chi connectivity index (χ3v) is 6.97. The first kappa shape index (κ1) is 48.4. The molecule has 0 aromatic heterocycles. The summed E-state index contributed by atoms with van der Waals surface area (Å²) in [6, 6.07) is 0. The van der Waals surface area contributed by atoms with Crippen LogP contribution in [-0.4, -0.2) is 118 Å². The number of ether oxygens (including phenoxy) is 1. The molecule has 0 aromatic carbocycles. The number of hydrogen-bond acceptors (Lipinski definition) is 12. The Balaban J connectivity index is -0.000000394. The third-order valence-electron chi connectivity index (χ3n) is 5.91. The van der Waals surface area contributed by atoms with E-state index in [1.807, 2.05) is 7.05 Å². The highest BCUT2D eigenvalue weighted by atomic mass is 32.3. The molecule has 42 heavy (non-hydrogen) atoms. The van der Waals surface area contributed by atoms with Crippen LogP contribution in [0, 0.1) is 0 Å². The van der Waals surface area contributed by atoms with Crippen LogP contribution < -0.4 is 6.15 Å². The predicted molar refractivity (Wildman–Crippen MR) is 162 cm³/mol. The van der Waals surface area contributed by atoms with Crippen molar-refractivity contribution >= 4 is 20.8 Å². The Kier molecular flexibility index (Phi) is 36.8. The molecule has 0 bridgehead atoms. The van der Waals surface area contributed by atoms with Gasteiger partial charge >= 0.3 is 10.4 Å². The van der Waals surface area contributed by atoms with Gasteiger partial charge in [-0.25, -0.2) is 12.6 Å². The Labute approximate surface area is 255 Å². The van der Waals surface area contributed by atoms with E-state index in [-0.39, 0.29) is 32.6 Å². The highest BCUT2D eigenvalue weighted by Crippen LogP contribution is 2.12. The zero-order chi connectivity index (χ0) is 32.0. The first-order chi connectivity index (χ1) is 19.2. The standard InChI is InChI=1S/C22H48NO4.2C2H6O4S.H3N/c1-3-4-5-6-7-8-9-10-11-12-13-14-19-27-21-22(26)20-23(2,15-17-24)16-18-25;2*1-2-6-7(3,4)5;/h22,24-26H,3-21H2,1-2H3;2*2H2,1H3,(H,3,4,5);1H3/q+1;;;/p-1. The second-order valence-corrected chi connectivity index (χ2v) is 12.1. The lowest BCUT2D eigenvalue weighted by Crippen LogP contribution is -2.52. The summed E-state index contributed by atoms with van der Waals surface area (Å²) in [5.74, 6) is 0. The number of likely N-dealkylation sites (N-methyl/N-ethyl adjacent to an activating group) is 1. The van der Waals surface area contributed by atoms with E-state index < -0.39 is 26.9 Å². The summed E-state index contributed by atoms with van der Waals surface area (Å²) in [4.78, 5) is 0. The number of rotatable bonds is 25. The Morgan fingerprint density at radius 2 is 1.14 bits per heavy atom. The van der Waals surface area contributed by atoms with Gasteiger partial charge in [0, 0.05) is 6.61 Å². The fourth-order valence-corrected chi connectivity index (χ4v) is 4.48. The fourth-order valence-electron chi connectivity index (χ4n) is 3.90. The number of hydrogen-bond donors (Lipinski definition) is 5. The molecule has 0 rings (SSSR count). The first-order valence-electron chi connectivity index (χ1n) is 14.7. The number of aliphatic hydroxyl groups excluding tert-OH is 3. The highest BCUT2D eigenvalue weighted by molar-refractivity contribution is 7.81. The van der Waals surface area contributed by atoms with Gasteiger partial charge in [-0.1, -0.05) is 77.6 Å². The van der Waals surface area contributed by atoms with Crippen molar-refractivity contribution in [1.82, 2.24) is 6.15 Å². The summed E-state index contributed by atoms with van der Waals surface area (Å²) in [5.41, 5.74) is 0. The van der Waals surface area contributed by atoms with Gasteiger partial charge in [-0.05, 0) is 20.3 Å². The smallest absolute Gasteiger partial charge is 0.397 e. The lowest BCUT2D eigenvalue weighted by Gasteiger charge is -2.35. The molecule has 14 nitrogen and oxygen atoms in total. The lowest BCUT2D eigenvalue weighted by molar-refractivity contribution is -0.913. The van der Waals surface area contributed by atoms with Gasteiger partial charge in [0.05, 0.1) is 40.1 Å². The molecule has 7 N–H and O–H groups in total. The van der Waals surface area contributed by atoms with Crippen LogP contribution in [0.1, 0.15) is 97.8 Å². The first-order valence-corrected chi connectivity index (χ1v) is 17.4. The average molecular weight is 659 g/mol. The van der Waals surface area contributed by atoms with E-state index in [9.17, 15) is 26.5 Å².